The second-order valence-corrected chi connectivity index (χ2v) is 12.0. The third-order valence-electron chi connectivity index (χ3n) is 10.0. The second kappa shape index (κ2) is 10.2. The number of hydrogen-bond donors (Lipinski definition) is 1. The first-order valence-corrected chi connectivity index (χ1v) is 14.5. The molecule has 0 radical (unpaired) electrons. The highest BCUT2D eigenvalue weighted by molar-refractivity contribution is 5.90. The molecule has 2 fully saturated rings. The molecule has 0 unspecified atom stereocenters. The number of carbonyl (C=O) groups is 2. The van der Waals surface area contributed by atoms with E-state index in [2.05, 4.69) is 22.9 Å². The summed E-state index contributed by atoms with van der Waals surface area (Å²) >= 11 is 0. The molecule has 3 aromatic rings. The molecule has 0 amide bonds. The van der Waals surface area contributed by atoms with Crippen LogP contribution in [0.5, 0.6) is 17.2 Å². The Kier molecular flexibility index (Phi) is 6.58. The van der Waals surface area contributed by atoms with Crippen LogP contribution in [0.3, 0.4) is 0 Å². The molecule has 1 saturated carbocycles. The van der Waals surface area contributed by atoms with Crippen molar-refractivity contribution in [2.45, 2.75) is 43.9 Å². The van der Waals surface area contributed by atoms with Crippen LogP contribution in [0.4, 0.5) is 0 Å². The summed E-state index contributed by atoms with van der Waals surface area (Å²) in [6, 6.07) is 11.2. The van der Waals surface area contributed by atoms with Gasteiger partial charge in [-0.25, -0.2) is 4.79 Å². The highest BCUT2D eigenvalue weighted by atomic mass is 16.7. The maximum atomic E-state index is 13.4. The molecular formula is C32H36N2O8. The van der Waals surface area contributed by atoms with Gasteiger partial charge in [0, 0.05) is 42.9 Å². The summed E-state index contributed by atoms with van der Waals surface area (Å²) < 4.78 is 33.7. The van der Waals surface area contributed by atoms with Gasteiger partial charge in [-0.2, -0.15) is 0 Å². The number of fused-ring (bicyclic) bond motifs is 7. The van der Waals surface area contributed by atoms with Crippen molar-refractivity contribution in [2.75, 3.05) is 41.2 Å². The average molecular weight is 577 g/mol. The van der Waals surface area contributed by atoms with Gasteiger partial charge in [0.25, 0.3) is 0 Å². The minimum atomic E-state index is -0.637. The standard InChI is InChI=1S/C32H36N2O8/c1-32-14-22-18(15-34(32)10-9-21-20-7-6-19(37-2)13-23(20)33-29(21)32)12-26(28(38-3)27(22)31(36)39-4)42-30(35)17-5-8-24-25(11-17)41-16-40-24/h5-8,11,13,18,22,26-28,33H,9-10,12,14-16H2,1-4H3/t18-,22+,26-,27+,28+,32-/m1/s1. The van der Waals surface area contributed by atoms with Gasteiger partial charge in [-0.15, -0.1) is 0 Å². The van der Waals surface area contributed by atoms with E-state index in [4.69, 9.17) is 28.4 Å². The van der Waals surface area contributed by atoms with E-state index in [1.165, 1.54) is 23.8 Å². The summed E-state index contributed by atoms with van der Waals surface area (Å²) in [6.07, 6.45) is 1.02. The molecule has 1 saturated heterocycles. The summed E-state index contributed by atoms with van der Waals surface area (Å²) in [5, 5.41) is 1.22. The zero-order valence-corrected chi connectivity index (χ0v) is 24.3. The molecule has 3 aliphatic heterocycles. The Morgan fingerprint density at radius 1 is 1.07 bits per heavy atom. The fraction of sp³-hybridized carbons (Fsp3) is 0.500. The Balaban J connectivity index is 1.20. The number of piperidine rings is 1. The van der Waals surface area contributed by atoms with Crippen molar-refractivity contribution >= 4 is 22.8 Å². The summed E-state index contributed by atoms with van der Waals surface area (Å²) in [6.45, 7) is 4.08. The molecule has 0 spiro atoms. The highest BCUT2D eigenvalue weighted by Crippen LogP contribution is 2.53. The van der Waals surface area contributed by atoms with Gasteiger partial charge in [0.15, 0.2) is 11.5 Å². The van der Waals surface area contributed by atoms with E-state index in [9.17, 15) is 9.59 Å². The van der Waals surface area contributed by atoms with Crippen LogP contribution in [0.25, 0.3) is 10.9 Å². The summed E-state index contributed by atoms with van der Waals surface area (Å²) in [7, 11) is 4.66. The van der Waals surface area contributed by atoms with E-state index in [1.807, 2.05) is 12.1 Å². The molecule has 10 heteroatoms. The molecule has 42 heavy (non-hydrogen) atoms. The number of esters is 2. The Hall–Kier alpha value is -3.76. The number of aromatic nitrogens is 1. The first-order chi connectivity index (χ1) is 20.3. The molecule has 1 N–H and O–H groups in total. The van der Waals surface area contributed by atoms with Gasteiger partial charge in [-0.1, -0.05) is 0 Å². The van der Waals surface area contributed by atoms with Crippen molar-refractivity contribution in [2.24, 2.45) is 17.8 Å². The van der Waals surface area contributed by atoms with E-state index < -0.39 is 24.1 Å². The Morgan fingerprint density at radius 2 is 1.90 bits per heavy atom. The lowest BCUT2D eigenvalue weighted by Crippen LogP contribution is -2.63. The van der Waals surface area contributed by atoms with Crippen molar-refractivity contribution in [3.63, 3.8) is 0 Å². The lowest BCUT2D eigenvalue weighted by Gasteiger charge is -2.57. The number of aromatic amines is 1. The number of hydrogen-bond acceptors (Lipinski definition) is 9. The minimum absolute atomic E-state index is 0.0176. The molecule has 4 heterocycles. The van der Waals surface area contributed by atoms with Gasteiger partial charge in [0.05, 0.1) is 31.2 Å². The van der Waals surface area contributed by atoms with Gasteiger partial charge < -0.3 is 33.4 Å². The van der Waals surface area contributed by atoms with Gasteiger partial charge in [-0.3, -0.25) is 9.69 Å². The number of ether oxygens (including phenoxy) is 6. The number of H-pyrrole nitrogens is 1. The topological polar surface area (TPSA) is 109 Å². The van der Waals surface area contributed by atoms with Crippen molar-refractivity contribution < 1.29 is 38.0 Å². The Morgan fingerprint density at radius 3 is 2.69 bits per heavy atom. The maximum Gasteiger partial charge on any atom is 0.338 e. The second-order valence-electron chi connectivity index (χ2n) is 12.0. The van der Waals surface area contributed by atoms with Crippen LogP contribution < -0.4 is 14.2 Å². The molecular weight excluding hydrogens is 540 g/mol. The first-order valence-electron chi connectivity index (χ1n) is 14.5. The van der Waals surface area contributed by atoms with Gasteiger partial charge in [-0.05, 0) is 73.9 Å². The van der Waals surface area contributed by atoms with Crippen LogP contribution >= 0.6 is 0 Å². The fourth-order valence-corrected chi connectivity index (χ4v) is 7.97. The van der Waals surface area contributed by atoms with Gasteiger partial charge in [0.1, 0.15) is 18.0 Å². The van der Waals surface area contributed by atoms with Crippen molar-refractivity contribution in [3.8, 4) is 17.2 Å². The lowest BCUT2D eigenvalue weighted by atomic mass is 9.60. The molecule has 2 aromatic carbocycles. The zero-order valence-electron chi connectivity index (χ0n) is 24.3. The smallest absolute Gasteiger partial charge is 0.338 e. The fourth-order valence-electron chi connectivity index (χ4n) is 7.97. The maximum absolute atomic E-state index is 13.4. The number of carbonyl (C=O) groups excluding carboxylic acids is 2. The van der Waals surface area contributed by atoms with Crippen LogP contribution in [0.1, 0.15) is 41.4 Å². The molecule has 222 valence electrons. The van der Waals surface area contributed by atoms with Crippen LogP contribution in [0, 0.1) is 17.8 Å². The van der Waals surface area contributed by atoms with Crippen LogP contribution in [-0.4, -0.2) is 75.2 Å². The molecule has 4 aliphatic rings. The normalized spacial score (nSPS) is 29.8. The molecule has 6 atom stereocenters. The summed E-state index contributed by atoms with van der Waals surface area (Å²) in [5.41, 5.74) is 3.64. The van der Waals surface area contributed by atoms with E-state index in [0.717, 1.165) is 37.2 Å². The Bertz CT molecular complexity index is 1550. The number of nitrogens with zero attached hydrogens (tertiary/aromatic N) is 1. The largest absolute Gasteiger partial charge is 0.497 e. The predicted octanol–water partition coefficient (Wildman–Crippen LogP) is 4.05. The average Bonchev–Trinajstić information content (AvgIpc) is 3.63. The number of rotatable bonds is 5. The number of benzene rings is 2. The predicted molar refractivity (Wildman–Crippen MR) is 152 cm³/mol. The molecule has 0 bridgehead atoms. The molecule has 10 nitrogen and oxygen atoms in total. The van der Waals surface area contributed by atoms with Crippen LogP contribution in [-0.2, 0) is 31.0 Å². The molecule has 7 rings (SSSR count). The first kappa shape index (κ1) is 27.1. The summed E-state index contributed by atoms with van der Waals surface area (Å²) in [5.74, 6) is 0.614. The van der Waals surface area contributed by atoms with Crippen LogP contribution in [0.2, 0.25) is 0 Å². The van der Waals surface area contributed by atoms with Crippen molar-refractivity contribution in [1.29, 1.82) is 0 Å². The van der Waals surface area contributed by atoms with Crippen molar-refractivity contribution in [1.82, 2.24) is 9.88 Å². The number of nitrogens with one attached hydrogen (secondary N) is 1. The number of methoxy groups -OCH3 is 3. The minimum Gasteiger partial charge on any atom is -0.497 e. The Labute approximate surface area is 244 Å². The van der Waals surface area contributed by atoms with E-state index in [0.29, 0.717) is 23.5 Å². The van der Waals surface area contributed by atoms with Gasteiger partial charge >= 0.3 is 11.9 Å². The monoisotopic (exact) mass is 576 g/mol. The SMILES string of the molecule is COC(=O)[C@H]1[C@H]2C[C@]3(C)c4[nH]c5cc(OC)ccc5c4CCN3C[C@H]2C[C@@H](OC(=O)c2ccc3c(c2)OCO3)[C@@H]1OC. The lowest BCUT2D eigenvalue weighted by molar-refractivity contribution is -0.181. The summed E-state index contributed by atoms with van der Waals surface area (Å²) in [4.78, 5) is 33.0. The molecule has 1 aromatic heterocycles. The highest BCUT2D eigenvalue weighted by Gasteiger charge is 2.57. The van der Waals surface area contributed by atoms with Crippen molar-refractivity contribution in [3.05, 3.63) is 53.2 Å². The van der Waals surface area contributed by atoms with Crippen LogP contribution in [0.15, 0.2) is 36.4 Å². The van der Waals surface area contributed by atoms with E-state index in [1.54, 1.807) is 32.4 Å². The molecule has 1 aliphatic carbocycles. The van der Waals surface area contributed by atoms with E-state index in [-0.39, 0.29) is 30.1 Å². The zero-order chi connectivity index (χ0) is 29.2. The third-order valence-corrected chi connectivity index (χ3v) is 10.0. The van der Waals surface area contributed by atoms with E-state index >= 15 is 0 Å². The van der Waals surface area contributed by atoms with Gasteiger partial charge in [0.2, 0.25) is 6.79 Å². The quantitative estimate of drug-likeness (QED) is 0.450. The third kappa shape index (κ3) is 4.14.